The van der Waals surface area contributed by atoms with Gasteiger partial charge in [0, 0.05) is 23.9 Å². The van der Waals surface area contributed by atoms with Gasteiger partial charge in [0.1, 0.15) is 0 Å². The average Bonchev–Trinajstić information content (AvgIpc) is 2.88. The van der Waals surface area contributed by atoms with Gasteiger partial charge in [-0.25, -0.2) is 0 Å². The summed E-state index contributed by atoms with van der Waals surface area (Å²) < 4.78 is 2.46. The second-order valence-electron chi connectivity index (χ2n) is 4.39. The highest BCUT2D eigenvalue weighted by Crippen LogP contribution is 2.28. The lowest BCUT2D eigenvalue weighted by molar-refractivity contribution is -0.486. The van der Waals surface area contributed by atoms with Crippen molar-refractivity contribution < 1.29 is 4.40 Å². The normalized spacial score (nSPS) is 14.8. The highest BCUT2D eigenvalue weighted by atomic mass is 32.1. The Balaban J connectivity index is 2.27. The number of hydrogen-bond donors (Lipinski definition) is 0. The average molecular weight is 226 g/mol. The van der Waals surface area contributed by atoms with Crippen molar-refractivity contribution in [1.29, 1.82) is 0 Å². The first-order valence-corrected chi connectivity index (χ1v) is 6.59. The van der Waals surface area contributed by atoms with Crippen LogP contribution in [0.3, 0.4) is 0 Å². The SMILES string of the molecule is c1ccc2c(c1)ccc1sc3c([n+]12)CCC3. The van der Waals surface area contributed by atoms with E-state index in [1.54, 1.807) is 10.6 Å². The van der Waals surface area contributed by atoms with E-state index in [1.165, 1.54) is 35.0 Å². The fourth-order valence-corrected chi connectivity index (χ4v) is 3.96. The maximum atomic E-state index is 2.46. The van der Waals surface area contributed by atoms with Gasteiger partial charge in [-0.1, -0.05) is 23.5 Å². The number of rotatable bonds is 0. The molecule has 2 heterocycles. The van der Waals surface area contributed by atoms with Gasteiger partial charge in [0.25, 0.3) is 4.83 Å². The maximum absolute atomic E-state index is 2.46. The first-order chi connectivity index (χ1) is 7.93. The Kier molecular flexibility index (Phi) is 1.66. The van der Waals surface area contributed by atoms with E-state index in [2.05, 4.69) is 40.8 Å². The molecule has 0 saturated heterocycles. The molecule has 16 heavy (non-hydrogen) atoms. The Morgan fingerprint density at radius 3 is 2.94 bits per heavy atom. The van der Waals surface area contributed by atoms with E-state index >= 15 is 0 Å². The molecule has 2 heteroatoms. The van der Waals surface area contributed by atoms with Crippen molar-refractivity contribution in [2.45, 2.75) is 19.3 Å². The topological polar surface area (TPSA) is 4.10 Å². The molecule has 3 aromatic rings. The number of hydrogen-bond acceptors (Lipinski definition) is 1. The van der Waals surface area contributed by atoms with Crippen LogP contribution >= 0.6 is 11.3 Å². The molecule has 0 unspecified atom stereocenters. The zero-order chi connectivity index (χ0) is 10.5. The molecular formula is C14H12NS+. The summed E-state index contributed by atoms with van der Waals surface area (Å²) >= 11 is 1.96. The minimum atomic E-state index is 1.24. The standard InChI is InChI=1S/C14H12NS/c1-2-5-11-10(4-1)8-9-14-15(11)12-6-3-7-13(12)16-14/h1-2,4-5,8-9H,3,6-7H2/q+1. The van der Waals surface area contributed by atoms with Gasteiger partial charge in [-0.2, -0.15) is 0 Å². The summed E-state index contributed by atoms with van der Waals surface area (Å²) in [6.45, 7) is 0. The van der Waals surface area contributed by atoms with E-state index in [0.29, 0.717) is 0 Å². The number of aromatic nitrogens is 1. The van der Waals surface area contributed by atoms with E-state index in [4.69, 9.17) is 0 Å². The summed E-state index contributed by atoms with van der Waals surface area (Å²) in [5.41, 5.74) is 2.91. The summed E-state index contributed by atoms with van der Waals surface area (Å²) in [4.78, 5) is 2.99. The fourth-order valence-electron chi connectivity index (χ4n) is 2.72. The van der Waals surface area contributed by atoms with Crippen molar-refractivity contribution in [3.8, 4) is 0 Å². The van der Waals surface area contributed by atoms with Crippen LogP contribution in [0.15, 0.2) is 36.4 Å². The number of fused-ring (bicyclic) bond motifs is 5. The second kappa shape index (κ2) is 3.05. The van der Waals surface area contributed by atoms with E-state index < -0.39 is 0 Å². The van der Waals surface area contributed by atoms with Crippen LogP contribution in [0.4, 0.5) is 0 Å². The molecule has 2 aromatic heterocycles. The number of para-hydroxylation sites is 1. The Labute approximate surface area is 98.0 Å². The predicted molar refractivity (Wildman–Crippen MR) is 67.0 cm³/mol. The zero-order valence-electron chi connectivity index (χ0n) is 8.94. The predicted octanol–water partition coefficient (Wildman–Crippen LogP) is 3.13. The summed E-state index contributed by atoms with van der Waals surface area (Å²) in [6.07, 6.45) is 3.84. The van der Waals surface area contributed by atoms with Crippen LogP contribution in [0.5, 0.6) is 0 Å². The van der Waals surface area contributed by atoms with Gasteiger partial charge >= 0.3 is 0 Å². The number of pyridine rings is 1. The minimum absolute atomic E-state index is 1.24. The van der Waals surface area contributed by atoms with E-state index in [-0.39, 0.29) is 0 Å². The molecule has 0 spiro atoms. The fraction of sp³-hybridized carbons (Fsp3) is 0.214. The highest BCUT2D eigenvalue weighted by molar-refractivity contribution is 7.17. The monoisotopic (exact) mass is 226 g/mol. The van der Waals surface area contributed by atoms with Crippen LogP contribution in [-0.2, 0) is 12.8 Å². The van der Waals surface area contributed by atoms with Gasteiger partial charge < -0.3 is 0 Å². The number of nitrogens with zero attached hydrogens (tertiary/aromatic N) is 1. The third-order valence-electron chi connectivity index (χ3n) is 3.44. The van der Waals surface area contributed by atoms with Crippen molar-refractivity contribution in [1.82, 2.24) is 0 Å². The summed E-state index contributed by atoms with van der Waals surface area (Å²) in [7, 11) is 0. The largest absolute Gasteiger partial charge is 0.268 e. The molecule has 0 amide bonds. The molecule has 0 atom stereocenters. The van der Waals surface area contributed by atoms with Crippen LogP contribution < -0.4 is 4.40 Å². The molecule has 0 aliphatic heterocycles. The van der Waals surface area contributed by atoms with Gasteiger partial charge in [0.15, 0.2) is 0 Å². The first-order valence-electron chi connectivity index (χ1n) is 5.77. The lowest BCUT2D eigenvalue weighted by atomic mass is 10.2. The van der Waals surface area contributed by atoms with Crippen molar-refractivity contribution in [3.05, 3.63) is 47.0 Å². The molecule has 1 aliphatic rings. The molecule has 1 nitrogen and oxygen atoms in total. The van der Waals surface area contributed by atoms with E-state index in [1.807, 2.05) is 11.3 Å². The molecule has 0 bridgehead atoms. The van der Waals surface area contributed by atoms with Crippen molar-refractivity contribution >= 4 is 27.1 Å². The van der Waals surface area contributed by atoms with Gasteiger partial charge in [-0.15, -0.1) is 4.40 Å². The molecule has 1 aromatic carbocycles. The summed E-state index contributed by atoms with van der Waals surface area (Å²) in [5.74, 6) is 0. The second-order valence-corrected chi connectivity index (χ2v) is 5.51. The Morgan fingerprint density at radius 1 is 1.00 bits per heavy atom. The quantitative estimate of drug-likeness (QED) is 0.519. The van der Waals surface area contributed by atoms with Gasteiger partial charge in [0.2, 0.25) is 11.2 Å². The Bertz CT molecular complexity index is 696. The van der Waals surface area contributed by atoms with Crippen LogP contribution in [0, 0.1) is 0 Å². The molecule has 1 aliphatic carbocycles. The summed E-state index contributed by atoms with van der Waals surface area (Å²) in [5, 5.41) is 1.34. The summed E-state index contributed by atoms with van der Waals surface area (Å²) in [6, 6.07) is 13.2. The maximum Gasteiger partial charge on any atom is 0.268 e. The number of aryl methyl sites for hydroxylation is 2. The van der Waals surface area contributed by atoms with Crippen molar-refractivity contribution in [3.63, 3.8) is 0 Å². The third kappa shape index (κ3) is 1.03. The Hall–Kier alpha value is -1.41. The van der Waals surface area contributed by atoms with Crippen LogP contribution in [0.1, 0.15) is 17.0 Å². The number of benzene rings is 1. The zero-order valence-corrected chi connectivity index (χ0v) is 9.76. The van der Waals surface area contributed by atoms with Crippen LogP contribution in [-0.4, -0.2) is 0 Å². The van der Waals surface area contributed by atoms with Crippen LogP contribution in [0.2, 0.25) is 0 Å². The third-order valence-corrected chi connectivity index (χ3v) is 4.65. The van der Waals surface area contributed by atoms with Gasteiger partial charge in [-0.3, -0.25) is 0 Å². The Morgan fingerprint density at radius 2 is 1.94 bits per heavy atom. The molecular weight excluding hydrogens is 214 g/mol. The smallest absolute Gasteiger partial charge is 0.147 e. The van der Waals surface area contributed by atoms with Crippen molar-refractivity contribution in [2.75, 3.05) is 0 Å². The van der Waals surface area contributed by atoms with E-state index in [9.17, 15) is 0 Å². The molecule has 0 radical (unpaired) electrons. The molecule has 0 saturated carbocycles. The lowest BCUT2D eigenvalue weighted by Gasteiger charge is -1.94. The first kappa shape index (κ1) is 8.71. The lowest BCUT2D eigenvalue weighted by Crippen LogP contribution is -2.24. The molecule has 0 N–H and O–H groups in total. The minimum Gasteiger partial charge on any atom is -0.147 e. The van der Waals surface area contributed by atoms with E-state index in [0.717, 1.165) is 0 Å². The molecule has 0 fully saturated rings. The van der Waals surface area contributed by atoms with Gasteiger partial charge in [-0.05, 0) is 25.0 Å². The van der Waals surface area contributed by atoms with Gasteiger partial charge in [0.05, 0.1) is 4.88 Å². The number of thiazole rings is 1. The van der Waals surface area contributed by atoms with Crippen molar-refractivity contribution in [2.24, 2.45) is 0 Å². The molecule has 78 valence electrons. The highest BCUT2D eigenvalue weighted by Gasteiger charge is 2.26. The molecule has 4 rings (SSSR count). The van der Waals surface area contributed by atoms with Crippen LogP contribution in [0.25, 0.3) is 15.7 Å².